The van der Waals surface area contributed by atoms with Gasteiger partial charge in [0.25, 0.3) is 0 Å². The van der Waals surface area contributed by atoms with Crippen molar-refractivity contribution in [1.82, 2.24) is 0 Å². The molecule has 0 saturated heterocycles. The third kappa shape index (κ3) is 2.66. The van der Waals surface area contributed by atoms with E-state index in [9.17, 15) is 18.0 Å². The van der Waals surface area contributed by atoms with Crippen LogP contribution in [-0.4, -0.2) is 13.1 Å². The zero-order valence-corrected chi connectivity index (χ0v) is 10.5. The Bertz CT molecular complexity index is 423. The maximum atomic E-state index is 12.4. The molecular weight excluding hydrogens is 245 g/mol. The van der Waals surface area contributed by atoms with Crippen LogP contribution < -0.4 is 0 Å². The van der Waals surface area contributed by atoms with E-state index in [4.69, 9.17) is 4.74 Å². The first-order chi connectivity index (χ1) is 8.25. The fraction of sp³-hybridized carbons (Fsp3) is 0.462. The predicted molar refractivity (Wildman–Crippen MR) is 61.1 cm³/mol. The third-order valence-corrected chi connectivity index (χ3v) is 3.19. The molecule has 0 fully saturated rings. The molecule has 100 valence electrons. The first kappa shape index (κ1) is 14.5. The first-order valence-electron chi connectivity index (χ1n) is 5.52. The molecule has 1 aromatic carbocycles. The summed E-state index contributed by atoms with van der Waals surface area (Å²) in [6.07, 6.45) is -3.92. The van der Waals surface area contributed by atoms with E-state index in [0.29, 0.717) is 12.0 Å². The third-order valence-electron chi connectivity index (χ3n) is 3.19. The normalized spacial score (nSPS) is 15.0. The summed E-state index contributed by atoms with van der Waals surface area (Å²) in [6, 6.07) is 4.60. The van der Waals surface area contributed by atoms with Crippen LogP contribution in [0.3, 0.4) is 0 Å². The lowest BCUT2D eigenvalue weighted by molar-refractivity contribution is -0.147. The highest BCUT2D eigenvalue weighted by molar-refractivity contribution is 5.82. The number of hydrogen-bond acceptors (Lipinski definition) is 2. The van der Waals surface area contributed by atoms with E-state index in [2.05, 4.69) is 0 Å². The van der Waals surface area contributed by atoms with Crippen molar-refractivity contribution in [3.05, 3.63) is 35.4 Å². The lowest BCUT2D eigenvalue weighted by Gasteiger charge is -2.25. The Morgan fingerprint density at radius 1 is 1.17 bits per heavy atom. The van der Waals surface area contributed by atoms with Gasteiger partial charge < -0.3 is 4.74 Å². The second kappa shape index (κ2) is 5.00. The molecular formula is C13H15F3O2. The monoisotopic (exact) mass is 260 g/mol. The van der Waals surface area contributed by atoms with Crippen LogP contribution in [-0.2, 0) is 21.1 Å². The van der Waals surface area contributed by atoms with Crippen molar-refractivity contribution in [3.63, 3.8) is 0 Å². The zero-order chi connectivity index (χ0) is 14.0. The van der Waals surface area contributed by atoms with Gasteiger partial charge in [-0.2, -0.15) is 13.2 Å². The second-order valence-electron chi connectivity index (χ2n) is 4.25. The van der Waals surface area contributed by atoms with Crippen molar-refractivity contribution in [2.75, 3.05) is 7.11 Å². The first-order valence-corrected chi connectivity index (χ1v) is 5.52. The molecule has 1 rings (SSSR count). The van der Waals surface area contributed by atoms with E-state index in [1.807, 2.05) is 0 Å². The Labute approximate surface area is 104 Å². The minimum atomic E-state index is -4.37. The quantitative estimate of drug-likeness (QED) is 0.777. The molecule has 1 unspecified atom stereocenters. The Morgan fingerprint density at radius 2 is 1.61 bits per heavy atom. The smallest absolute Gasteiger partial charge is 0.416 e. The van der Waals surface area contributed by atoms with Crippen LogP contribution in [0.5, 0.6) is 0 Å². The molecule has 18 heavy (non-hydrogen) atoms. The topological polar surface area (TPSA) is 26.3 Å². The van der Waals surface area contributed by atoms with Crippen LogP contribution in [0.25, 0.3) is 0 Å². The van der Waals surface area contributed by atoms with Crippen molar-refractivity contribution < 1.29 is 22.7 Å². The van der Waals surface area contributed by atoms with E-state index < -0.39 is 23.1 Å². The molecule has 0 aliphatic heterocycles. The van der Waals surface area contributed by atoms with Gasteiger partial charge in [0.15, 0.2) is 0 Å². The summed E-state index contributed by atoms with van der Waals surface area (Å²) in [7, 11) is 1.26. The molecule has 2 nitrogen and oxygen atoms in total. The van der Waals surface area contributed by atoms with Gasteiger partial charge in [-0.15, -0.1) is 0 Å². The van der Waals surface area contributed by atoms with Gasteiger partial charge in [0, 0.05) is 0 Å². The van der Waals surface area contributed by atoms with Crippen molar-refractivity contribution in [3.8, 4) is 0 Å². The largest absolute Gasteiger partial charge is 0.468 e. The Hall–Kier alpha value is -1.52. The highest BCUT2D eigenvalue weighted by Gasteiger charge is 2.36. The Morgan fingerprint density at radius 3 is 1.94 bits per heavy atom. The lowest BCUT2D eigenvalue weighted by Crippen LogP contribution is -2.33. The highest BCUT2D eigenvalue weighted by Crippen LogP contribution is 2.33. The minimum Gasteiger partial charge on any atom is -0.468 e. The SMILES string of the molecule is CCC(C)(C(=O)OC)c1ccc(C(F)(F)F)cc1. The maximum Gasteiger partial charge on any atom is 0.416 e. The van der Waals surface area contributed by atoms with Crippen molar-refractivity contribution >= 4 is 5.97 Å². The minimum absolute atomic E-state index is 0.449. The molecule has 0 amide bonds. The summed E-state index contributed by atoms with van der Waals surface area (Å²) < 4.78 is 42.0. The zero-order valence-electron chi connectivity index (χ0n) is 10.5. The van der Waals surface area contributed by atoms with Crippen LogP contribution >= 0.6 is 0 Å². The molecule has 0 aliphatic rings. The van der Waals surface area contributed by atoms with Crippen LogP contribution in [0.15, 0.2) is 24.3 Å². The lowest BCUT2D eigenvalue weighted by atomic mass is 9.80. The van der Waals surface area contributed by atoms with Gasteiger partial charge in [-0.1, -0.05) is 19.1 Å². The molecule has 0 heterocycles. The summed E-state index contributed by atoms with van der Waals surface area (Å²) in [5.74, 6) is -0.454. The number of alkyl halides is 3. The van der Waals surface area contributed by atoms with Gasteiger partial charge in [-0.3, -0.25) is 4.79 Å². The Balaban J connectivity index is 3.14. The van der Waals surface area contributed by atoms with Gasteiger partial charge in [0.1, 0.15) is 0 Å². The molecule has 0 saturated carbocycles. The number of methoxy groups -OCH3 is 1. The fourth-order valence-electron chi connectivity index (χ4n) is 1.72. The van der Waals surface area contributed by atoms with Gasteiger partial charge in [-0.25, -0.2) is 0 Å². The maximum absolute atomic E-state index is 12.4. The number of halogens is 3. The van der Waals surface area contributed by atoms with Crippen LogP contribution in [0.2, 0.25) is 0 Å². The number of carbonyl (C=O) groups excluding carboxylic acids is 1. The molecule has 0 aliphatic carbocycles. The second-order valence-corrected chi connectivity index (χ2v) is 4.25. The highest BCUT2D eigenvalue weighted by atomic mass is 19.4. The van der Waals surface area contributed by atoms with E-state index in [-0.39, 0.29) is 0 Å². The van der Waals surface area contributed by atoms with E-state index in [1.165, 1.54) is 19.2 Å². The summed E-state index contributed by atoms with van der Waals surface area (Å²) >= 11 is 0. The number of rotatable bonds is 3. The van der Waals surface area contributed by atoms with Crippen molar-refractivity contribution in [2.45, 2.75) is 31.9 Å². The van der Waals surface area contributed by atoms with Gasteiger partial charge in [0.05, 0.1) is 18.1 Å². The van der Waals surface area contributed by atoms with Crippen LogP contribution in [0, 0.1) is 0 Å². The van der Waals surface area contributed by atoms with Gasteiger partial charge in [-0.05, 0) is 31.0 Å². The number of ether oxygens (including phenoxy) is 1. The molecule has 0 spiro atoms. The molecule has 1 atom stereocenters. The van der Waals surface area contributed by atoms with Crippen molar-refractivity contribution in [1.29, 1.82) is 0 Å². The molecule has 1 aromatic rings. The average molecular weight is 260 g/mol. The standard InChI is InChI=1S/C13H15F3O2/c1-4-12(2,11(17)18-3)9-5-7-10(8-6-9)13(14,15)16/h5-8H,4H2,1-3H3. The number of esters is 1. The van der Waals surface area contributed by atoms with E-state index >= 15 is 0 Å². The summed E-state index contributed by atoms with van der Waals surface area (Å²) in [5, 5.41) is 0. The fourth-order valence-corrected chi connectivity index (χ4v) is 1.72. The number of benzene rings is 1. The van der Waals surface area contributed by atoms with E-state index in [1.54, 1.807) is 13.8 Å². The number of hydrogen-bond donors (Lipinski definition) is 0. The molecule has 0 bridgehead atoms. The average Bonchev–Trinajstić information content (AvgIpc) is 2.36. The molecule has 0 radical (unpaired) electrons. The van der Waals surface area contributed by atoms with E-state index in [0.717, 1.165) is 12.1 Å². The summed E-state index contributed by atoms with van der Waals surface area (Å²) in [5.41, 5.74) is -1.13. The number of carbonyl (C=O) groups is 1. The Kier molecular flexibility index (Phi) is 4.04. The molecule has 0 aromatic heterocycles. The molecule has 5 heteroatoms. The predicted octanol–water partition coefficient (Wildman–Crippen LogP) is 3.55. The summed E-state index contributed by atoms with van der Waals surface area (Å²) in [6.45, 7) is 3.44. The van der Waals surface area contributed by atoms with Gasteiger partial charge in [0.2, 0.25) is 0 Å². The van der Waals surface area contributed by atoms with Crippen LogP contribution in [0.1, 0.15) is 31.4 Å². The molecule has 0 N–H and O–H groups in total. The van der Waals surface area contributed by atoms with Crippen molar-refractivity contribution in [2.24, 2.45) is 0 Å². The van der Waals surface area contributed by atoms with Gasteiger partial charge >= 0.3 is 12.1 Å². The summed E-state index contributed by atoms with van der Waals surface area (Å²) in [4.78, 5) is 11.7. The van der Waals surface area contributed by atoms with Crippen LogP contribution in [0.4, 0.5) is 13.2 Å².